The van der Waals surface area contributed by atoms with Crippen LogP contribution in [0.5, 0.6) is 5.75 Å². The van der Waals surface area contributed by atoms with Crippen LogP contribution >= 0.6 is 0 Å². The van der Waals surface area contributed by atoms with Gasteiger partial charge in [-0.2, -0.15) is 0 Å². The van der Waals surface area contributed by atoms with Crippen LogP contribution < -0.4 is 4.74 Å². The molecule has 6 heteroatoms. The van der Waals surface area contributed by atoms with Gasteiger partial charge in [0.1, 0.15) is 18.4 Å². The van der Waals surface area contributed by atoms with Crippen molar-refractivity contribution < 1.29 is 14.3 Å². The lowest BCUT2D eigenvalue weighted by molar-refractivity contribution is -0.130. The van der Waals surface area contributed by atoms with Crippen LogP contribution in [0.1, 0.15) is 73.9 Å². The Morgan fingerprint density at radius 3 is 2.68 bits per heavy atom. The minimum Gasteiger partial charge on any atom is -0.487 e. The molecule has 3 aliphatic rings. The van der Waals surface area contributed by atoms with Crippen molar-refractivity contribution in [2.75, 3.05) is 0 Å². The van der Waals surface area contributed by atoms with Gasteiger partial charge in [0.05, 0.1) is 11.7 Å². The zero-order valence-electron chi connectivity index (χ0n) is 19.9. The third kappa shape index (κ3) is 3.89. The topological polar surface area (TPSA) is 62.7 Å². The fourth-order valence-corrected chi connectivity index (χ4v) is 5.98. The molecule has 1 saturated heterocycles. The average Bonchev–Trinajstić information content (AvgIpc) is 3.13. The molecule has 1 aliphatic carbocycles. The number of benzene rings is 1. The van der Waals surface area contributed by atoms with Gasteiger partial charge in [-0.05, 0) is 55.0 Å². The number of aromatic nitrogens is 1. The first-order chi connectivity index (χ1) is 16.6. The number of allylic oxidation sites excluding steroid dienone is 1. The van der Waals surface area contributed by atoms with Gasteiger partial charge in [-0.1, -0.05) is 44.4 Å². The first kappa shape index (κ1) is 22.6. The largest absolute Gasteiger partial charge is 0.487 e. The highest BCUT2D eigenvalue weighted by molar-refractivity contribution is 6.05. The van der Waals surface area contributed by atoms with Crippen LogP contribution in [0.25, 0.3) is 0 Å². The van der Waals surface area contributed by atoms with E-state index < -0.39 is 6.04 Å². The Kier molecular flexibility index (Phi) is 6.40. The van der Waals surface area contributed by atoms with E-state index in [1.165, 1.54) is 6.42 Å². The lowest BCUT2D eigenvalue weighted by atomic mass is 9.83. The summed E-state index contributed by atoms with van der Waals surface area (Å²) in [5.74, 6) is 0.777. The molecule has 1 aromatic heterocycles. The molecule has 0 unspecified atom stereocenters. The summed E-state index contributed by atoms with van der Waals surface area (Å²) >= 11 is 0. The van der Waals surface area contributed by atoms with E-state index in [-0.39, 0.29) is 24.0 Å². The third-order valence-corrected chi connectivity index (χ3v) is 7.58. The van der Waals surface area contributed by atoms with Crippen LogP contribution in [0.2, 0.25) is 0 Å². The number of hydrogen-bond acceptors (Lipinski definition) is 4. The molecule has 0 bridgehead atoms. The lowest BCUT2D eigenvalue weighted by Crippen LogP contribution is -2.44. The summed E-state index contributed by atoms with van der Waals surface area (Å²) in [6.07, 6.45) is 10.8. The summed E-state index contributed by atoms with van der Waals surface area (Å²) in [6.45, 7) is 6.43. The molecule has 0 N–H and O–H groups in total. The quantitative estimate of drug-likeness (QED) is 0.413. The van der Waals surface area contributed by atoms with E-state index in [4.69, 9.17) is 4.74 Å². The number of ether oxygens (including phenoxy) is 1. The predicted molar refractivity (Wildman–Crippen MR) is 130 cm³/mol. The Balaban J connectivity index is 1.48. The minimum absolute atomic E-state index is 0.0228. The second kappa shape index (κ2) is 9.61. The molecule has 2 aliphatic heterocycles. The molecule has 2 atom stereocenters. The third-order valence-electron chi connectivity index (χ3n) is 7.58. The van der Waals surface area contributed by atoms with Gasteiger partial charge >= 0.3 is 6.03 Å². The monoisotopic (exact) mass is 459 g/mol. The number of rotatable bonds is 7. The van der Waals surface area contributed by atoms with Gasteiger partial charge in [0.25, 0.3) is 5.91 Å². The average molecular weight is 460 g/mol. The van der Waals surface area contributed by atoms with Gasteiger partial charge in [-0.15, -0.1) is 6.58 Å². The Bertz CT molecular complexity index is 1080. The summed E-state index contributed by atoms with van der Waals surface area (Å²) in [5, 5.41) is 0. The smallest absolute Gasteiger partial charge is 0.328 e. The molecule has 0 spiro atoms. The van der Waals surface area contributed by atoms with E-state index in [9.17, 15) is 9.59 Å². The number of carbonyl (C=O) groups excluding carboxylic acids is 2. The molecule has 2 aromatic rings. The van der Waals surface area contributed by atoms with Crippen LogP contribution in [-0.4, -0.2) is 38.8 Å². The zero-order chi connectivity index (χ0) is 23.7. The molecular weight excluding hydrogens is 426 g/mol. The van der Waals surface area contributed by atoms with Gasteiger partial charge in [0.2, 0.25) is 0 Å². The summed E-state index contributed by atoms with van der Waals surface area (Å²) < 4.78 is 6.20. The van der Waals surface area contributed by atoms with E-state index in [1.807, 2.05) is 35.2 Å². The molecule has 5 rings (SSSR count). The highest BCUT2D eigenvalue weighted by Crippen LogP contribution is 2.44. The van der Waals surface area contributed by atoms with Gasteiger partial charge in [-0.25, -0.2) is 4.79 Å². The van der Waals surface area contributed by atoms with Crippen LogP contribution in [0.15, 0.2) is 49.2 Å². The number of carbonyl (C=O) groups is 2. The summed E-state index contributed by atoms with van der Waals surface area (Å²) in [6, 6.07) is 9.28. The Morgan fingerprint density at radius 2 is 1.97 bits per heavy atom. The number of hydrogen-bond donors (Lipinski definition) is 0. The van der Waals surface area contributed by atoms with Gasteiger partial charge in [0, 0.05) is 24.2 Å². The molecule has 2 fully saturated rings. The molecule has 34 heavy (non-hydrogen) atoms. The van der Waals surface area contributed by atoms with Gasteiger partial charge < -0.3 is 9.64 Å². The van der Waals surface area contributed by atoms with Crippen LogP contribution in [0, 0.1) is 0 Å². The number of amides is 3. The van der Waals surface area contributed by atoms with Crippen molar-refractivity contribution >= 4 is 11.9 Å². The van der Waals surface area contributed by atoms with Crippen molar-refractivity contribution in [3.8, 4) is 5.75 Å². The number of pyridine rings is 1. The van der Waals surface area contributed by atoms with E-state index >= 15 is 0 Å². The predicted octanol–water partition coefficient (Wildman–Crippen LogP) is 5.36. The fourth-order valence-electron chi connectivity index (χ4n) is 5.98. The first-order valence-corrected chi connectivity index (χ1v) is 12.6. The second-order valence-corrected chi connectivity index (χ2v) is 9.55. The van der Waals surface area contributed by atoms with Crippen molar-refractivity contribution in [2.45, 2.75) is 83.0 Å². The molecule has 3 heterocycles. The molecule has 6 nitrogen and oxygen atoms in total. The highest BCUT2D eigenvalue weighted by Gasteiger charge is 2.53. The highest BCUT2D eigenvalue weighted by atomic mass is 16.5. The van der Waals surface area contributed by atoms with Gasteiger partial charge in [-0.3, -0.25) is 14.7 Å². The van der Waals surface area contributed by atoms with E-state index in [0.29, 0.717) is 19.4 Å². The van der Waals surface area contributed by atoms with Crippen molar-refractivity contribution in [3.05, 3.63) is 71.6 Å². The number of imide groups is 1. The van der Waals surface area contributed by atoms with Crippen molar-refractivity contribution in [1.82, 2.24) is 14.8 Å². The zero-order valence-corrected chi connectivity index (χ0v) is 19.9. The molecule has 3 amide bonds. The lowest BCUT2D eigenvalue weighted by Gasteiger charge is -2.38. The van der Waals surface area contributed by atoms with Crippen LogP contribution in [0.3, 0.4) is 0 Å². The van der Waals surface area contributed by atoms with E-state index in [0.717, 1.165) is 60.2 Å². The molecule has 1 saturated carbocycles. The summed E-state index contributed by atoms with van der Waals surface area (Å²) in [7, 11) is 0. The second-order valence-electron chi connectivity index (χ2n) is 9.55. The van der Waals surface area contributed by atoms with Crippen LogP contribution in [-0.2, 0) is 24.2 Å². The number of fused-ring (bicyclic) bond motifs is 2. The SMILES string of the molecule is C=CCc1c(OCc2ccccn2)ccc2c1C[C@H]1C(=O)N(C3CCCCC3)C(=O)N1[C@@H]2CC. The van der Waals surface area contributed by atoms with E-state index in [1.54, 1.807) is 11.1 Å². The maximum absolute atomic E-state index is 13.6. The molecule has 1 aromatic carbocycles. The van der Waals surface area contributed by atoms with Crippen LogP contribution in [0.4, 0.5) is 4.79 Å². The van der Waals surface area contributed by atoms with Crippen molar-refractivity contribution in [3.63, 3.8) is 0 Å². The van der Waals surface area contributed by atoms with Crippen molar-refractivity contribution in [1.29, 1.82) is 0 Å². The molecular formula is C28H33N3O3. The maximum atomic E-state index is 13.6. The number of urea groups is 1. The first-order valence-electron chi connectivity index (χ1n) is 12.6. The normalized spacial score (nSPS) is 22.5. The minimum atomic E-state index is -0.429. The molecule has 178 valence electrons. The van der Waals surface area contributed by atoms with Gasteiger partial charge in [0.15, 0.2) is 0 Å². The fraction of sp³-hybridized carbons (Fsp3) is 0.464. The Labute approximate surface area is 201 Å². The van der Waals surface area contributed by atoms with E-state index in [2.05, 4.69) is 24.6 Å². The summed E-state index contributed by atoms with van der Waals surface area (Å²) in [4.78, 5) is 35.0. The standard InChI is InChI=1S/C28H33N3O3/c1-3-10-22-23-17-25-27(32)30(20-12-6-5-7-13-20)28(33)31(25)24(4-2)21(23)14-15-26(22)34-18-19-11-8-9-16-29-19/h3,8-9,11,14-16,20,24-25H,1,4-7,10,12-13,17-18H2,2H3/t24-,25+/m1/s1. The van der Waals surface area contributed by atoms with Crippen molar-refractivity contribution in [2.24, 2.45) is 0 Å². The Hall–Kier alpha value is -3.15. The Morgan fingerprint density at radius 1 is 1.15 bits per heavy atom. The number of nitrogens with zero attached hydrogens (tertiary/aromatic N) is 3. The molecule has 0 radical (unpaired) electrons. The summed E-state index contributed by atoms with van der Waals surface area (Å²) in [5.41, 5.74) is 4.20. The maximum Gasteiger partial charge on any atom is 0.328 e.